The molecular formula is C25H25N3O4S. The Labute approximate surface area is 195 Å². The molecule has 8 heteroatoms. The van der Waals surface area contributed by atoms with E-state index in [-0.39, 0.29) is 17.9 Å². The molecule has 0 fully saturated rings. The van der Waals surface area contributed by atoms with Crippen LogP contribution in [0.4, 0.5) is 0 Å². The number of rotatable bonds is 9. The largest absolute Gasteiger partial charge is 0.496 e. The van der Waals surface area contributed by atoms with Crippen molar-refractivity contribution >= 4 is 23.4 Å². The summed E-state index contributed by atoms with van der Waals surface area (Å²) in [5.74, 6) is 0.496. The Hall–Kier alpha value is -3.52. The maximum Gasteiger partial charge on any atom is 0.305 e. The van der Waals surface area contributed by atoms with E-state index in [2.05, 4.69) is 22.2 Å². The molecule has 170 valence electrons. The second-order valence-electron chi connectivity index (χ2n) is 7.37. The van der Waals surface area contributed by atoms with Crippen molar-refractivity contribution in [2.75, 3.05) is 13.7 Å². The van der Waals surface area contributed by atoms with Crippen LogP contribution in [0.3, 0.4) is 0 Å². The zero-order valence-electron chi connectivity index (χ0n) is 18.5. The molecule has 0 aliphatic carbocycles. The van der Waals surface area contributed by atoms with Crippen LogP contribution in [0.5, 0.6) is 5.75 Å². The van der Waals surface area contributed by atoms with Crippen LogP contribution in [0.25, 0.3) is 16.8 Å². The van der Waals surface area contributed by atoms with Crippen LogP contribution < -0.4 is 10.3 Å². The third-order valence-corrected chi connectivity index (χ3v) is 6.25. The molecule has 0 aliphatic rings. The van der Waals surface area contributed by atoms with Crippen molar-refractivity contribution in [3.05, 3.63) is 76.8 Å². The van der Waals surface area contributed by atoms with Crippen LogP contribution >= 0.6 is 11.8 Å². The summed E-state index contributed by atoms with van der Waals surface area (Å²) in [6.07, 6.45) is 4.63. The van der Waals surface area contributed by atoms with Gasteiger partial charge in [-0.15, -0.1) is 0 Å². The van der Waals surface area contributed by atoms with Crippen LogP contribution in [0.2, 0.25) is 0 Å². The van der Waals surface area contributed by atoms with Crippen LogP contribution in [0, 0.1) is 0 Å². The molecule has 2 aromatic carbocycles. The van der Waals surface area contributed by atoms with Gasteiger partial charge in [-0.1, -0.05) is 36.0 Å². The smallest absolute Gasteiger partial charge is 0.305 e. The standard InChI is InChI=1S/C25H25N3O4S/c1-3-32-23(29)11-7-8-18-15-26-24-20(16-27-28(24)25(18)30)17-12-13-22(21(14-17)31-2)33-19-9-5-4-6-10-19/h4-6,9-10,12-16,27H,3,7-8,11H2,1-2H3. The molecule has 0 saturated heterocycles. The number of H-pyrrole nitrogens is 1. The number of carbonyl (C=O) groups is 1. The van der Waals surface area contributed by atoms with E-state index in [1.165, 1.54) is 4.52 Å². The Bertz CT molecular complexity index is 1310. The summed E-state index contributed by atoms with van der Waals surface area (Å²) in [4.78, 5) is 31.1. The highest BCUT2D eigenvalue weighted by molar-refractivity contribution is 7.99. The predicted molar refractivity (Wildman–Crippen MR) is 128 cm³/mol. The molecule has 0 bridgehead atoms. The number of nitrogens with one attached hydrogen (secondary N) is 1. The molecule has 0 saturated carbocycles. The van der Waals surface area contributed by atoms with Crippen molar-refractivity contribution in [1.29, 1.82) is 0 Å². The number of nitrogens with zero attached hydrogens (tertiary/aromatic N) is 2. The number of hydrogen-bond acceptors (Lipinski definition) is 6. The molecule has 0 amide bonds. The molecule has 33 heavy (non-hydrogen) atoms. The number of ether oxygens (including phenoxy) is 2. The van der Waals surface area contributed by atoms with E-state index in [1.54, 1.807) is 38.2 Å². The van der Waals surface area contributed by atoms with E-state index in [0.717, 1.165) is 26.7 Å². The van der Waals surface area contributed by atoms with Gasteiger partial charge in [0.15, 0.2) is 5.65 Å². The Morgan fingerprint density at radius 1 is 1.18 bits per heavy atom. The minimum Gasteiger partial charge on any atom is -0.496 e. The number of fused-ring (bicyclic) bond motifs is 1. The molecule has 2 heterocycles. The van der Waals surface area contributed by atoms with E-state index >= 15 is 0 Å². The van der Waals surface area contributed by atoms with Gasteiger partial charge in [0.05, 0.1) is 18.6 Å². The topological polar surface area (TPSA) is 85.7 Å². The molecule has 7 nitrogen and oxygen atoms in total. The average molecular weight is 464 g/mol. The highest BCUT2D eigenvalue weighted by Gasteiger charge is 2.15. The lowest BCUT2D eigenvalue weighted by atomic mass is 10.1. The van der Waals surface area contributed by atoms with E-state index in [1.807, 2.05) is 36.4 Å². The first-order chi connectivity index (χ1) is 16.1. The van der Waals surface area contributed by atoms with E-state index in [0.29, 0.717) is 30.7 Å². The van der Waals surface area contributed by atoms with Gasteiger partial charge < -0.3 is 9.47 Å². The predicted octanol–water partition coefficient (Wildman–Crippen LogP) is 4.74. The minimum atomic E-state index is -0.253. The molecule has 0 aliphatic heterocycles. The maximum atomic E-state index is 12.9. The number of benzene rings is 2. The van der Waals surface area contributed by atoms with Crippen molar-refractivity contribution in [1.82, 2.24) is 14.6 Å². The monoisotopic (exact) mass is 463 g/mol. The zero-order chi connectivity index (χ0) is 23.2. The molecule has 4 aromatic rings. The second kappa shape index (κ2) is 10.4. The van der Waals surface area contributed by atoms with Crippen molar-refractivity contribution in [3.8, 4) is 16.9 Å². The third-order valence-electron chi connectivity index (χ3n) is 5.19. The lowest BCUT2D eigenvalue weighted by Crippen LogP contribution is -2.20. The summed E-state index contributed by atoms with van der Waals surface area (Å²) in [7, 11) is 1.65. The van der Waals surface area contributed by atoms with Crippen molar-refractivity contribution in [3.63, 3.8) is 0 Å². The molecule has 4 rings (SSSR count). The van der Waals surface area contributed by atoms with Crippen LogP contribution in [-0.4, -0.2) is 34.3 Å². The van der Waals surface area contributed by atoms with Crippen LogP contribution in [-0.2, 0) is 16.0 Å². The molecule has 2 aromatic heterocycles. The SMILES string of the molecule is CCOC(=O)CCCc1cnc2c(-c3ccc(Sc4ccccc4)c(OC)c3)c[nH]n2c1=O. The summed E-state index contributed by atoms with van der Waals surface area (Å²) >= 11 is 1.63. The van der Waals surface area contributed by atoms with Crippen LogP contribution in [0.1, 0.15) is 25.3 Å². The number of aromatic nitrogens is 3. The van der Waals surface area contributed by atoms with E-state index in [4.69, 9.17) is 9.47 Å². The van der Waals surface area contributed by atoms with Crippen molar-refractivity contribution in [2.24, 2.45) is 0 Å². The van der Waals surface area contributed by atoms with Gasteiger partial charge in [-0.3, -0.25) is 14.7 Å². The second-order valence-corrected chi connectivity index (χ2v) is 8.49. The van der Waals surface area contributed by atoms with E-state index < -0.39 is 0 Å². The first-order valence-electron chi connectivity index (χ1n) is 10.8. The van der Waals surface area contributed by atoms with Crippen molar-refractivity contribution in [2.45, 2.75) is 36.0 Å². The first kappa shape index (κ1) is 22.7. The number of carbonyl (C=O) groups excluding carboxylic acids is 1. The lowest BCUT2D eigenvalue weighted by Gasteiger charge is -2.10. The number of aryl methyl sites for hydroxylation is 1. The molecule has 0 spiro atoms. The third kappa shape index (κ3) is 5.12. The van der Waals surface area contributed by atoms with Gasteiger partial charge in [-0.25, -0.2) is 9.50 Å². The van der Waals surface area contributed by atoms with Gasteiger partial charge in [0, 0.05) is 34.8 Å². The zero-order valence-corrected chi connectivity index (χ0v) is 19.4. The molecule has 0 radical (unpaired) electrons. The van der Waals surface area contributed by atoms with E-state index in [9.17, 15) is 9.59 Å². The normalized spacial score (nSPS) is 11.0. The fraction of sp³-hybridized carbons (Fsp3) is 0.240. The Morgan fingerprint density at radius 2 is 2.00 bits per heavy atom. The van der Waals surface area contributed by atoms with Gasteiger partial charge in [-0.05, 0) is 49.6 Å². The first-order valence-corrected chi connectivity index (χ1v) is 11.6. The molecule has 0 atom stereocenters. The van der Waals surface area contributed by atoms with Crippen LogP contribution in [0.15, 0.2) is 75.5 Å². The minimum absolute atomic E-state index is 0.168. The molecule has 1 N–H and O–H groups in total. The average Bonchev–Trinajstić information content (AvgIpc) is 3.27. The summed E-state index contributed by atoms with van der Waals surface area (Å²) < 4.78 is 12.0. The lowest BCUT2D eigenvalue weighted by molar-refractivity contribution is -0.143. The maximum absolute atomic E-state index is 12.9. The quantitative estimate of drug-likeness (QED) is 0.361. The Kier molecular flexibility index (Phi) is 7.14. The highest BCUT2D eigenvalue weighted by atomic mass is 32.2. The number of hydrogen-bond donors (Lipinski definition) is 1. The Balaban J connectivity index is 1.58. The molecule has 0 unspecified atom stereocenters. The summed E-state index contributed by atoms with van der Waals surface area (Å²) in [6.45, 7) is 2.13. The van der Waals surface area contributed by atoms with Crippen molar-refractivity contribution < 1.29 is 14.3 Å². The fourth-order valence-electron chi connectivity index (χ4n) is 3.57. The fourth-order valence-corrected chi connectivity index (χ4v) is 4.50. The highest BCUT2D eigenvalue weighted by Crippen LogP contribution is 2.38. The van der Waals surface area contributed by atoms with Gasteiger partial charge >= 0.3 is 5.97 Å². The number of esters is 1. The van der Waals surface area contributed by atoms with Gasteiger partial charge in [0.25, 0.3) is 5.56 Å². The number of aromatic amines is 1. The van der Waals surface area contributed by atoms with Gasteiger partial charge in [0.1, 0.15) is 5.75 Å². The summed E-state index contributed by atoms with van der Waals surface area (Å²) in [5, 5.41) is 3.01. The number of methoxy groups -OCH3 is 1. The summed E-state index contributed by atoms with van der Waals surface area (Å²) in [5.41, 5.74) is 2.63. The molecular weight excluding hydrogens is 438 g/mol. The Morgan fingerprint density at radius 3 is 2.76 bits per heavy atom. The van der Waals surface area contributed by atoms with Gasteiger partial charge in [-0.2, -0.15) is 0 Å². The van der Waals surface area contributed by atoms with Gasteiger partial charge in [0.2, 0.25) is 0 Å². The summed E-state index contributed by atoms with van der Waals surface area (Å²) in [6, 6.07) is 16.1.